The second-order valence-electron chi connectivity index (χ2n) is 6.26. The molecule has 2 aliphatic heterocycles. The number of hydrogen-bond donors (Lipinski definition) is 2. The standard InChI is InChI=1S/C17H22ClN3O3S2/c18-16(23)21(24-11-12-4-2-1-3-5-12)13-6-7-14(19-10-13)15(22)20-8-9-26-17(20)25/h1-5,13-14,17,19,25H,6-11H2/t13-,14+,17?/m1/s1. The molecule has 0 aromatic heterocycles. The van der Waals surface area contributed by atoms with Crippen LogP contribution in [0.15, 0.2) is 30.3 Å². The Hall–Kier alpha value is -0.930. The number of amides is 2. The summed E-state index contributed by atoms with van der Waals surface area (Å²) < 4.78 is -0.0721. The highest BCUT2D eigenvalue weighted by atomic mass is 35.5. The second kappa shape index (κ2) is 9.32. The van der Waals surface area contributed by atoms with E-state index in [0.29, 0.717) is 19.4 Å². The summed E-state index contributed by atoms with van der Waals surface area (Å²) in [6.45, 7) is 1.46. The van der Waals surface area contributed by atoms with E-state index in [4.69, 9.17) is 16.4 Å². The van der Waals surface area contributed by atoms with Gasteiger partial charge in [0.25, 0.3) is 0 Å². The maximum absolute atomic E-state index is 12.6. The lowest BCUT2D eigenvalue weighted by Gasteiger charge is -2.36. The molecule has 1 unspecified atom stereocenters. The SMILES string of the molecule is O=C([C@@H]1CC[C@@H](N(OCc2ccccc2)C(=O)Cl)CN1)N1CCSC1S. The number of benzene rings is 1. The molecule has 26 heavy (non-hydrogen) atoms. The average molecular weight is 416 g/mol. The molecule has 3 rings (SSSR count). The normalized spacial score (nSPS) is 25.9. The first-order valence-electron chi connectivity index (χ1n) is 8.55. The maximum Gasteiger partial charge on any atom is 0.340 e. The van der Waals surface area contributed by atoms with Crippen molar-refractivity contribution in [3.63, 3.8) is 0 Å². The van der Waals surface area contributed by atoms with Gasteiger partial charge in [-0.05, 0) is 30.0 Å². The van der Waals surface area contributed by atoms with E-state index < -0.39 is 5.37 Å². The Morgan fingerprint density at radius 3 is 2.69 bits per heavy atom. The molecular formula is C17H22ClN3O3S2. The first-order valence-corrected chi connectivity index (χ1v) is 10.5. The second-order valence-corrected chi connectivity index (χ2v) is 8.61. The highest BCUT2D eigenvalue weighted by Crippen LogP contribution is 2.28. The minimum Gasteiger partial charge on any atom is -0.320 e. The molecule has 0 aliphatic carbocycles. The number of halogens is 1. The molecule has 1 aromatic rings. The number of piperidine rings is 1. The summed E-state index contributed by atoms with van der Waals surface area (Å²) in [5.74, 6) is 0.985. The first kappa shape index (κ1) is 19.8. The zero-order valence-electron chi connectivity index (χ0n) is 14.2. The minimum absolute atomic E-state index is 0.0717. The highest BCUT2D eigenvalue weighted by molar-refractivity contribution is 8.10. The van der Waals surface area contributed by atoms with Crippen LogP contribution in [0.25, 0.3) is 0 Å². The first-order chi connectivity index (χ1) is 12.6. The van der Waals surface area contributed by atoms with Crippen molar-refractivity contribution in [1.82, 2.24) is 15.3 Å². The van der Waals surface area contributed by atoms with Gasteiger partial charge in [0.1, 0.15) is 11.3 Å². The summed E-state index contributed by atoms with van der Waals surface area (Å²) in [6, 6.07) is 9.14. The van der Waals surface area contributed by atoms with Crippen molar-refractivity contribution in [1.29, 1.82) is 0 Å². The Bertz CT molecular complexity index is 629. The van der Waals surface area contributed by atoms with Gasteiger partial charge in [-0.3, -0.25) is 14.4 Å². The fourth-order valence-electron chi connectivity index (χ4n) is 3.15. The van der Waals surface area contributed by atoms with E-state index in [2.05, 4.69) is 17.9 Å². The molecule has 0 spiro atoms. The monoisotopic (exact) mass is 415 g/mol. The molecule has 6 nitrogen and oxygen atoms in total. The largest absolute Gasteiger partial charge is 0.340 e. The molecule has 2 aliphatic rings. The lowest BCUT2D eigenvalue weighted by atomic mass is 9.99. The molecule has 3 atom stereocenters. The Labute approximate surface area is 167 Å². The van der Waals surface area contributed by atoms with Crippen LogP contribution >= 0.6 is 36.0 Å². The Balaban J connectivity index is 1.53. The highest BCUT2D eigenvalue weighted by Gasteiger charge is 2.36. The van der Waals surface area contributed by atoms with E-state index in [9.17, 15) is 9.59 Å². The number of rotatable bonds is 5. The number of carbonyl (C=O) groups is 2. The summed E-state index contributed by atoms with van der Waals surface area (Å²) in [6.07, 6.45) is 1.27. The van der Waals surface area contributed by atoms with Gasteiger partial charge in [0.05, 0.1) is 12.1 Å². The van der Waals surface area contributed by atoms with Gasteiger partial charge < -0.3 is 10.2 Å². The van der Waals surface area contributed by atoms with Crippen LogP contribution in [-0.4, -0.2) is 56.9 Å². The van der Waals surface area contributed by atoms with Crippen LogP contribution in [0.1, 0.15) is 18.4 Å². The number of nitrogens with zero attached hydrogens (tertiary/aromatic N) is 2. The number of hydroxylamine groups is 2. The van der Waals surface area contributed by atoms with Crippen molar-refractivity contribution in [2.45, 2.75) is 36.2 Å². The molecule has 2 saturated heterocycles. The third-order valence-electron chi connectivity index (χ3n) is 4.55. The van der Waals surface area contributed by atoms with Gasteiger partial charge in [0.2, 0.25) is 5.91 Å². The van der Waals surface area contributed by atoms with E-state index in [1.54, 1.807) is 16.7 Å². The van der Waals surface area contributed by atoms with Crippen LogP contribution < -0.4 is 5.32 Å². The van der Waals surface area contributed by atoms with Gasteiger partial charge in [-0.2, -0.15) is 0 Å². The molecule has 9 heteroatoms. The fourth-order valence-corrected chi connectivity index (χ4v) is 4.78. The topological polar surface area (TPSA) is 61.9 Å². The maximum atomic E-state index is 12.6. The van der Waals surface area contributed by atoms with Crippen molar-refractivity contribution in [2.75, 3.05) is 18.8 Å². The summed E-state index contributed by atoms with van der Waals surface area (Å²) >= 11 is 11.8. The quantitative estimate of drug-likeness (QED) is 0.335. The molecule has 2 amide bonds. The summed E-state index contributed by atoms with van der Waals surface area (Å²) in [5, 5.41) is 3.80. The molecule has 142 valence electrons. The lowest BCUT2D eigenvalue weighted by molar-refractivity contribution is -0.154. The van der Waals surface area contributed by atoms with Gasteiger partial charge in [-0.1, -0.05) is 30.3 Å². The van der Waals surface area contributed by atoms with Crippen molar-refractivity contribution >= 4 is 47.3 Å². The smallest absolute Gasteiger partial charge is 0.320 e. The molecule has 2 heterocycles. The summed E-state index contributed by atoms with van der Waals surface area (Å²) in [7, 11) is 0. The van der Waals surface area contributed by atoms with Crippen LogP contribution in [0.4, 0.5) is 4.79 Å². The minimum atomic E-state index is -0.649. The van der Waals surface area contributed by atoms with Crippen LogP contribution in [0.5, 0.6) is 0 Å². The van der Waals surface area contributed by atoms with Gasteiger partial charge in [-0.25, -0.2) is 5.06 Å². The van der Waals surface area contributed by atoms with E-state index in [1.165, 1.54) is 5.06 Å². The predicted octanol–water partition coefficient (Wildman–Crippen LogP) is 2.69. The number of nitrogens with one attached hydrogen (secondary N) is 1. The van der Waals surface area contributed by atoms with Gasteiger partial charge >= 0.3 is 5.37 Å². The third kappa shape index (κ3) is 4.86. The van der Waals surface area contributed by atoms with Crippen molar-refractivity contribution in [3.05, 3.63) is 35.9 Å². The zero-order valence-corrected chi connectivity index (χ0v) is 16.7. The molecule has 1 aromatic carbocycles. The number of hydrogen-bond acceptors (Lipinski definition) is 6. The fraction of sp³-hybridized carbons (Fsp3) is 0.529. The van der Waals surface area contributed by atoms with Crippen molar-refractivity contribution in [3.8, 4) is 0 Å². The van der Waals surface area contributed by atoms with Gasteiger partial charge in [0.15, 0.2) is 0 Å². The molecule has 0 saturated carbocycles. The summed E-state index contributed by atoms with van der Waals surface area (Å²) in [5.41, 5.74) is 0.957. The molecule has 0 radical (unpaired) electrons. The molecule has 2 fully saturated rings. The van der Waals surface area contributed by atoms with Crippen LogP contribution in [0, 0.1) is 0 Å². The molecule has 0 bridgehead atoms. The number of carbonyl (C=O) groups excluding carboxylic acids is 2. The number of thioether (sulfide) groups is 1. The molecular weight excluding hydrogens is 394 g/mol. The molecule has 1 N–H and O–H groups in total. The van der Waals surface area contributed by atoms with E-state index in [0.717, 1.165) is 17.9 Å². The van der Waals surface area contributed by atoms with E-state index in [-0.39, 0.29) is 29.3 Å². The number of thiol groups is 1. The van der Waals surface area contributed by atoms with Crippen LogP contribution in [-0.2, 0) is 16.2 Å². The zero-order chi connectivity index (χ0) is 18.5. The Morgan fingerprint density at radius 1 is 1.35 bits per heavy atom. The van der Waals surface area contributed by atoms with E-state index >= 15 is 0 Å². The summed E-state index contributed by atoms with van der Waals surface area (Å²) in [4.78, 5) is 31.8. The van der Waals surface area contributed by atoms with Gasteiger partial charge in [0, 0.05) is 18.8 Å². The van der Waals surface area contributed by atoms with Crippen LogP contribution in [0.3, 0.4) is 0 Å². The van der Waals surface area contributed by atoms with Crippen molar-refractivity contribution < 1.29 is 14.4 Å². The van der Waals surface area contributed by atoms with Crippen molar-refractivity contribution in [2.24, 2.45) is 0 Å². The van der Waals surface area contributed by atoms with E-state index in [1.807, 2.05) is 30.3 Å². The van der Waals surface area contributed by atoms with Gasteiger partial charge in [-0.15, -0.1) is 24.4 Å². The Kier molecular flexibility index (Phi) is 7.11. The Morgan fingerprint density at radius 2 is 2.12 bits per heavy atom. The third-order valence-corrected chi connectivity index (χ3v) is 6.42. The average Bonchev–Trinajstić information content (AvgIpc) is 3.08. The predicted molar refractivity (Wildman–Crippen MR) is 106 cm³/mol. The lowest BCUT2D eigenvalue weighted by Crippen LogP contribution is -2.55. The van der Waals surface area contributed by atoms with Crippen LogP contribution in [0.2, 0.25) is 0 Å².